The second kappa shape index (κ2) is 3.70. The summed E-state index contributed by atoms with van der Waals surface area (Å²) in [7, 11) is 1.70. The Labute approximate surface area is 84.3 Å². The largest absolute Gasteiger partial charge is 0.497 e. The number of benzene rings is 2. The molecule has 0 N–H and O–H groups in total. The second-order valence-electron chi connectivity index (χ2n) is 3.36. The van der Waals surface area contributed by atoms with Gasteiger partial charge in [-0.1, -0.05) is 31.2 Å². The molecule has 0 aliphatic heterocycles. The highest BCUT2D eigenvalue weighted by atomic mass is 16.5. The molecule has 0 spiro atoms. The second-order valence-corrected chi connectivity index (χ2v) is 3.36. The summed E-state index contributed by atoms with van der Waals surface area (Å²) in [5, 5.41) is 2.58. The zero-order valence-electron chi connectivity index (χ0n) is 8.58. The Balaban J connectivity index is 2.67. The van der Waals surface area contributed by atoms with Crippen LogP contribution < -0.4 is 4.74 Å². The van der Waals surface area contributed by atoms with E-state index in [1.54, 1.807) is 7.11 Å². The van der Waals surface area contributed by atoms with Gasteiger partial charge in [0.25, 0.3) is 0 Å². The standard InChI is InChI=1S/C13H14O/c1-3-10-5-4-6-11-9-12(14-2)7-8-13(10)11/h4-9H,3H2,1-2H3. The van der Waals surface area contributed by atoms with E-state index in [1.165, 1.54) is 16.3 Å². The summed E-state index contributed by atoms with van der Waals surface area (Å²) in [6.07, 6.45) is 1.07. The third-order valence-corrected chi connectivity index (χ3v) is 2.56. The summed E-state index contributed by atoms with van der Waals surface area (Å²) < 4.78 is 5.20. The highest BCUT2D eigenvalue weighted by Gasteiger charge is 1.99. The first-order valence-electron chi connectivity index (χ1n) is 4.91. The van der Waals surface area contributed by atoms with Gasteiger partial charge in [-0.25, -0.2) is 0 Å². The van der Waals surface area contributed by atoms with E-state index < -0.39 is 0 Å². The van der Waals surface area contributed by atoms with Crippen molar-refractivity contribution in [3.8, 4) is 5.75 Å². The quantitative estimate of drug-likeness (QED) is 0.698. The Morgan fingerprint density at radius 3 is 2.71 bits per heavy atom. The van der Waals surface area contributed by atoms with Crippen LogP contribution in [0.2, 0.25) is 0 Å². The number of hydrogen-bond acceptors (Lipinski definition) is 1. The van der Waals surface area contributed by atoms with Crippen LogP contribution in [0.1, 0.15) is 12.5 Å². The van der Waals surface area contributed by atoms with Gasteiger partial charge < -0.3 is 4.74 Å². The summed E-state index contributed by atoms with van der Waals surface area (Å²) in [4.78, 5) is 0. The van der Waals surface area contributed by atoms with Crippen LogP contribution in [-0.2, 0) is 6.42 Å². The molecule has 0 bridgehead atoms. The van der Waals surface area contributed by atoms with Crippen molar-refractivity contribution in [2.75, 3.05) is 7.11 Å². The molecule has 0 aliphatic rings. The molecule has 0 radical (unpaired) electrons. The van der Waals surface area contributed by atoms with Crippen LogP contribution >= 0.6 is 0 Å². The van der Waals surface area contributed by atoms with Gasteiger partial charge >= 0.3 is 0 Å². The van der Waals surface area contributed by atoms with Crippen molar-refractivity contribution < 1.29 is 4.74 Å². The first-order valence-corrected chi connectivity index (χ1v) is 4.91. The summed E-state index contributed by atoms with van der Waals surface area (Å²) in [6.45, 7) is 2.18. The van der Waals surface area contributed by atoms with Crippen LogP contribution in [0.3, 0.4) is 0 Å². The van der Waals surface area contributed by atoms with E-state index in [2.05, 4.69) is 37.3 Å². The summed E-state index contributed by atoms with van der Waals surface area (Å²) in [6, 6.07) is 12.6. The lowest BCUT2D eigenvalue weighted by Crippen LogP contribution is -1.85. The molecule has 0 fully saturated rings. The molecule has 0 heterocycles. The molecule has 72 valence electrons. The van der Waals surface area contributed by atoms with E-state index in [9.17, 15) is 0 Å². The molecule has 14 heavy (non-hydrogen) atoms. The topological polar surface area (TPSA) is 9.23 Å². The van der Waals surface area contributed by atoms with Crippen LogP contribution in [0.5, 0.6) is 5.75 Å². The fourth-order valence-electron chi connectivity index (χ4n) is 1.76. The first-order chi connectivity index (χ1) is 6.85. The van der Waals surface area contributed by atoms with Crippen LogP contribution in [0, 0.1) is 0 Å². The number of methoxy groups -OCH3 is 1. The molecule has 0 aliphatic carbocycles. The van der Waals surface area contributed by atoms with Crippen LogP contribution in [-0.4, -0.2) is 7.11 Å². The van der Waals surface area contributed by atoms with Gasteiger partial charge in [-0.2, -0.15) is 0 Å². The van der Waals surface area contributed by atoms with Gasteiger partial charge in [-0.3, -0.25) is 0 Å². The molecule has 0 saturated heterocycles. The minimum absolute atomic E-state index is 0.922. The van der Waals surface area contributed by atoms with Gasteiger partial charge in [-0.05, 0) is 34.9 Å². The van der Waals surface area contributed by atoms with Gasteiger partial charge in [0, 0.05) is 0 Å². The van der Waals surface area contributed by atoms with Gasteiger partial charge in [0.05, 0.1) is 7.11 Å². The number of hydrogen-bond donors (Lipinski definition) is 0. The van der Waals surface area contributed by atoms with Crippen molar-refractivity contribution in [3.05, 3.63) is 42.0 Å². The van der Waals surface area contributed by atoms with E-state index in [-0.39, 0.29) is 0 Å². The molecule has 1 heteroatoms. The zero-order chi connectivity index (χ0) is 9.97. The van der Waals surface area contributed by atoms with E-state index >= 15 is 0 Å². The minimum Gasteiger partial charge on any atom is -0.497 e. The third-order valence-electron chi connectivity index (χ3n) is 2.56. The van der Waals surface area contributed by atoms with Crippen LogP contribution in [0.4, 0.5) is 0 Å². The minimum atomic E-state index is 0.922. The zero-order valence-corrected chi connectivity index (χ0v) is 8.58. The molecular weight excluding hydrogens is 172 g/mol. The molecule has 0 saturated carbocycles. The number of rotatable bonds is 2. The maximum absolute atomic E-state index is 5.20. The van der Waals surface area contributed by atoms with Gasteiger partial charge in [0.1, 0.15) is 5.75 Å². The van der Waals surface area contributed by atoms with E-state index in [0.717, 1.165) is 12.2 Å². The van der Waals surface area contributed by atoms with Crippen molar-refractivity contribution in [2.45, 2.75) is 13.3 Å². The van der Waals surface area contributed by atoms with Crippen molar-refractivity contribution in [1.82, 2.24) is 0 Å². The SMILES string of the molecule is CCc1cccc2cc(OC)ccc12. The number of ether oxygens (including phenoxy) is 1. The predicted molar refractivity (Wildman–Crippen MR) is 59.9 cm³/mol. The number of aryl methyl sites for hydroxylation is 1. The van der Waals surface area contributed by atoms with Crippen LogP contribution in [0.15, 0.2) is 36.4 Å². The maximum atomic E-state index is 5.20. The molecule has 0 aromatic heterocycles. The molecule has 1 nitrogen and oxygen atoms in total. The van der Waals surface area contributed by atoms with Crippen molar-refractivity contribution in [1.29, 1.82) is 0 Å². The van der Waals surface area contributed by atoms with E-state index in [0.29, 0.717) is 0 Å². The highest BCUT2D eigenvalue weighted by Crippen LogP contribution is 2.23. The van der Waals surface area contributed by atoms with Gasteiger partial charge in [0.15, 0.2) is 0 Å². The summed E-state index contributed by atoms with van der Waals surface area (Å²) in [5.74, 6) is 0.922. The van der Waals surface area contributed by atoms with Crippen molar-refractivity contribution in [3.63, 3.8) is 0 Å². The van der Waals surface area contributed by atoms with Crippen LogP contribution in [0.25, 0.3) is 10.8 Å². The maximum Gasteiger partial charge on any atom is 0.119 e. The molecular formula is C13H14O. The summed E-state index contributed by atoms with van der Waals surface area (Å²) >= 11 is 0. The fraction of sp³-hybridized carbons (Fsp3) is 0.231. The van der Waals surface area contributed by atoms with E-state index in [1.807, 2.05) is 6.07 Å². The lowest BCUT2D eigenvalue weighted by molar-refractivity contribution is 0.415. The Bertz CT molecular complexity index is 446. The predicted octanol–water partition coefficient (Wildman–Crippen LogP) is 3.41. The molecule has 2 rings (SSSR count). The summed E-state index contributed by atoms with van der Waals surface area (Å²) in [5.41, 5.74) is 1.39. The first kappa shape index (κ1) is 9.07. The lowest BCUT2D eigenvalue weighted by Gasteiger charge is -2.05. The molecule has 0 atom stereocenters. The highest BCUT2D eigenvalue weighted by molar-refractivity contribution is 5.86. The number of fused-ring (bicyclic) bond motifs is 1. The Hall–Kier alpha value is -1.50. The molecule has 2 aromatic carbocycles. The average molecular weight is 186 g/mol. The Morgan fingerprint density at radius 2 is 2.00 bits per heavy atom. The normalized spacial score (nSPS) is 10.4. The Kier molecular flexibility index (Phi) is 2.40. The van der Waals surface area contributed by atoms with E-state index in [4.69, 9.17) is 4.74 Å². The van der Waals surface area contributed by atoms with Gasteiger partial charge in [-0.15, -0.1) is 0 Å². The Morgan fingerprint density at radius 1 is 1.14 bits per heavy atom. The fourth-order valence-corrected chi connectivity index (χ4v) is 1.76. The lowest BCUT2D eigenvalue weighted by atomic mass is 10.0. The molecule has 2 aromatic rings. The monoisotopic (exact) mass is 186 g/mol. The van der Waals surface area contributed by atoms with Gasteiger partial charge in [0.2, 0.25) is 0 Å². The average Bonchev–Trinajstić information content (AvgIpc) is 2.27. The van der Waals surface area contributed by atoms with Crippen molar-refractivity contribution >= 4 is 10.8 Å². The van der Waals surface area contributed by atoms with Crippen molar-refractivity contribution in [2.24, 2.45) is 0 Å². The third kappa shape index (κ3) is 1.46. The smallest absolute Gasteiger partial charge is 0.119 e. The molecule has 0 amide bonds. The molecule has 0 unspecified atom stereocenters.